The maximum absolute atomic E-state index is 11.6. The summed E-state index contributed by atoms with van der Waals surface area (Å²) in [5.41, 5.74) is 4.70. The second-order valence-corrected chi connectivity index (χ2v) is 6.39. The first-order chi connectivity index (χ1) is 12.7. The van der Waals surface area contributed by atoms with E-state index in [1.165, 1.54) is 5.22 Å². The van der Waals surface area contributed by atoms with Crippen molar-refractivity contribution >= 4 is 23.6 Å². The number of aromatic amines is 2. The largest absolute Gasteiger partial charge is 0.356 e. The van der Waals surface area contributed by atoms with Crippen molar-refractivity contribution in [2.45, 2.75) is 19.8 Å². The Morgan fingerprint density at radius 3 is 2.88 bits per heavy atom. The zero-order chi connectivity index (χ0) is 17.9. The number of H-pyrrole nitrogens is 2. The summed E-state index contributed by atoms with van der Waals surface area (Å²) in [6.45, 7) is 1.58. The molecule has 0 saturated heterocycles. The summed E-state index contributed by atoms with van der Waals surface area (Å²) in [4.78, 5) is 15.1. The van der Waals surface area contributed by atoms with Crippen LogP contribution in [0.15, 0.2) is 54.5 Å². The average molecular weight is 344 g/mol. The Morgan fingerprint density at radius 2 is 2.08 bits per heavy atom. The van der Waals surface area contributed by atoms with E-state index in [0.29, 0.717) is 5.56 Å². The van der Waals surface area contributed by atoms with Crippen LogP contribution >= 0.6 is 0 Å². The van der Waals surface area contributed by atoms with Crippen LogP contribution in [0.2, 0.25) is 0 Å². The number of carbonyl (C=O) groups excluding carboxylic acids is 1. The summed E-state index contributed by atoms with van der Waals surface area (Å²) in [7, 11) is 0. The Labute approximate surface area is 151 Å². The molecule has 0 fully saturated rings. The van der Waals surface area contributed by atoms with Gasteiger partial charge >= 0.3 is 0 Å². The van der Waals surface area contributed by atoms with Gasteiger partial charge in [0.15, 0.2) is 5.78 Å². The van der Waals surface area contributed by atoms with Gasteiger partial charge < -0.3 is 10.3 Å². The van der Waals surface area contributed by atoms with Crippen LogP contribution in [0.4, 0.5) is 5.69 Å². The lowest BCUT2D eigenvalue weighted by atomic mass is 10.1. The second-order valence-electron chi connectivity index (χ2n) is 6.39. The van der Waals surface area contributed by atoms with Crippen molar-refractivity contribution in [2.24, 2.45) is 0 Å². The first-order valence-electron chi connectivity index (χ1n) is 8.67. The number of aromatic nitrogens is 3. The number of hydrogen-bond acceptors (Lipinski definition) is 3. The van der Waals surface area contributed by atoms with Gasteiger partial charge in [-0.2, -0.15) is 5.10 Å². The van der Waals surface area contributed by atoms with Gasteiger partial charge in [0.2, 0.25) is 0 Å². The van der Waals surface area contributed by atoms with Gasteiger partial charge in [0.25, 0.3) is 0 Å². The van der Waals surface area contributed by atoms with Crippen molar-refractivity contribution in [3.8, 4) is 11.3 Å². The lowest BCUT2D eigenvalue weighted by Crippen LogP contribution is -2.23. The van der Waals surface area contributed by atoms with Crippen molar-refractivity contribution in [3.05, 3.63) is 70.6 Å². The highest BCUT2D eigenvalue weighted by Crippen LogP contribution is 2.16. The molecule has 4 rings (SSSR count). The van der Waals surface area contributed by atoms with Crippen molar-refractivity contribution in [2.75, 3.05) is 5.32 Å². The molecule has 1 aliphatic rings. The molecule has 0 saturated carbocycles. The second kappa shape index (κ2) is 6.88. The molecule has 130 valence electrons. The van der Waals surface area contributed by atoms with Gasteiger partial charge in [-0.3, -0.25) is 9.89 Å². The fourth-order valence-electron chi connectivity index (χ4n) is 3.09. The summed E-state index contributed by atoms with van der Waals surface area (Å²) < 4.78 is 0. The first-order valence-corrected chi connectivity index (χ1v) is 8.67. The van der Waals surface area contributed by atoms with Crippen LogP contribution in [0.25, 0.3) is 23.4 Å². The van der Waals surface area contributed by atoms with Gasteiger partial charge in [0.05, 0.1) is 6.20 Å². The SMILES string of the molecule is CC(=O)c1cccc(NC2=C/CCC=c3cc(-c4cn[nH]c4)[nH]\c3=C\2)c1. The Hall–Kier alpha value is -3.34. The predicted molar refractivity (Wildman–Crippen MR) is 104 cm³/mol. The van der Waals surface area contributed by atoms with E-state index in [1.807, 2.05) is 30.5 Å². The fourth-order valence-corrected chi connectivity index (χ4v) is 3.09. The highest BCUT2D eigenvalue weighted by molar-refractivity contribution is 5.95. The van der Waals surface area contributed by atoms with Crippen molar-refractivity contribution in [1.29, 1.82) is 0 Å². The molecule has 5 heteroatoms. The van der Waals surface area contributed by atoms with Crippen LogP contribution in [0, 0.1) is 0 Å². The van der Waals surface area contributed by atoms with Gasteiger partial charge in [0.1, 0.15) is 0 Å². The summed E-state index contributed by atoms with van der Waals surface area (Å²) in [6, 6.07) is 9.73. The van der Waals surface area contributed by atoms with Gasteiger partial charge in [-0.15, -0.1) is 0 Å². The topological polar surface area (TPSA) is 73.6 Å². The van der Waals surface area contributed by atoms with E-state index in [9.17, 15) is 4.79 Å². The lowest BCUT2D eigenvalue weighted by Gasteiger charge is -2.09. The van der Waals surface area contributed by atoms with Gasteiger partial charge in [-0.1, -0.05) is 24.3 Å². The summed E-state index contributed by atoms with van der Waals surface area (Å²) in [6.07, 6.45) is 12.1. The number of carbonyl (C=O) groups is 1. The molecule has 3 N–H and O–H groups in total. The minimum atomic E-state index is 0.0651. The predicted octanol–water partition coefficient (Wildman–Crippen LogP) is 2.96. The summed E-state index contributed by atoms with van der Waals surface area (Å²) in [5, 5.41) is 12.5. The number of allylic oxidation sites excluding steroid dienone is 2. The molecule has 2 heterocycles. The molecule has 0 aliphatic heterocycles. The van der Waals surface area contributed by atoms with E-state index in [2.05, 4.69) is 44.8 Å². The number of benzene rings is 1. The highest BCUT2D eigenvalue weighted by atomic mass is 16.1. The minimum Gasteiger partial charge on any atom is -0.356 e. The monoisotopic (exact) mass is 344 g/mol. The molecule has 1 aliphatic carbocycles. The number of Topliss-reactive ketones (excluding diaryl/α,β-unsaturated/α-hetero) is 1. The van der Waals surface area contributed by atoms with Gasteiger partial charge in [-0.25, -0.2) is 0 Å². The molecule has 5 nitrogen and oxygen atoms in total. The minimum absolute atomic E-state index is 0.0651. The molecule has 26 heavy (non-hydrogen) atoms. The Bertz CT molecular complexity index is 1090. The Balaban J connectivity index is 1.70. The maximum atomic E-state index is 11.6. The normalized spacial score (nSPS) is 16.8. The Kier molecular flexibility index (Phi) is 4.27. The number of rotatable bonds is 4. The quantitative estimate of drug-likeness (QED) is 0.637. The number of anilines is 1. The third-order valence-corrected chi connectivity index (χ3v) is 4.44. The fraction of sp³-hybridized carbons (Fsp3) is 0.143. The van der Waals surface area contributed by atoms with Crippen LogP contribution in [0.3, 0.4) is 0 Å². The highest BCUT2D eigenvalue weighted by Gasteiger charge is 2.05. The van der Waals surface area contributed by atoms with E-state index >= 15 is 0 Å². The van der Waals surface area contributed by atoms with E-state index in [-0.39, 0.29) is 5.78 Å². The van der Waals surface area contributed by atoms with Crippen LogP contribution in [0.5, 0.6) is 0 Å². The zero-order valence-electron chi connectivity index (χ0n) is 14.5. The molecule has 3 aromatic rings. The zero-order valence-corrected chi connectivity index (χ0v) is 14.5. The van der Waals surface area contributed by atoms with E-state index in [4.69, 9.17) is 0 Å². The maximum Gasteiger partial charge on any atom is 0.159 e. The number of fused-ring (bicyclic) bond motifs is 1. The average Bonchev–Trinajstić information content (AvgIpc) is 3.27. The number of nitrogens with zero attached hydrogens (tertiary/aromatic N) is 1. The molecule has 0 radical (unpaired) electrons. The molecule has 0 spiro atoms. The van der Waals surface area contributed by atoms with Crippen molar-refractivity contribution < 1.29 is 4.79 Å². The first kappa shape index (κ1) is 16.1. The van der Waals surface area contributed by atoms with Gasteiger partial charge in [0, 0.05) is 39.8 Å². The van der Waals surface area contributed by atoms with E-state index in [0.717, 1.165) is 40.8 Å². The van der Waals surface area contributed by atoms with Crippen LogP contribution < -0.4 is 15.9 Å². The number of hydrogen-bond donors (Lipinski definition) is 3. The summed E-state index contributed by atoms with van der Waals surface area (Å²) in [5.74, 6) is 0.0651. The molecule has 0 bridgehead atoms. The number of nitrogens with one attached hydrogen (secondary N) is 3. The lowest BCUT2D eigenvalue weighted by molar-refractivity contribution is 0.101. The van der Waals surface area contributed by atoms with Crippen molar-refractivity contribution in [1.82, 2.24) is 15.2 Å². The van der Waals surface area contributed by atoms with Crippen LogP contribution in [-0.4, -0.2) is 21.0 Å². The summed E-state index contributed by atoms with van der Waals surface area (Å²) >= 11 is 0. The molecule has 1 aromatic carbocycles. The van der Waals surface area contributed by atoms with E-state index < -0.39 is 0 Å². The van der Waals surface area contributed by atoms with Crippen molar-refractivity contribution in [3.63, 3.8) is 0 Å². The third kappa shape index (κ3) is 3.37. The molecule has 2 aromatic heterocycles. The van der Waals surface area contributed by atoms with E-state index in [1.54, 1.807) is 13.1 Å². The molecular weight excluding hydrogens is 324 g/mol. The van der Waals surface area contributed by atoms with Crippen LogP contribution in [0.1, 0.15) is 30.1 Å². The molecule has 0 atom stereocenters. The van der Waals surface area contributed by atoms with Gasteiger partial charge in [-0.05, 0) is 49.3 Å². The molecular formula is C21H20N4O. The smallest absolute Gasteiger partial charge is 0.159 e. The number of ketones is 1. The molecule has 0 unspecified atom stereocenters. The third-order valence-electron chi connectivity index (χ3n) is 4.44. The molecule has 0 amide bonds. The van der Waals surface area contributed by atoms with Crippen LogP contribution in [-0.2, 0) is 0 Å². The Morgan fingerprint density at radius 1 is 1.19 bits per heavy atom. The standard InChI is InChI=1S/C21H20N4O/c1-14(26)15-6-4-8-18(9-15)24-19-7-3-2-5-16-10-20(25-21(16)11-19)17-12-22-23-13-17/h4-13,24-25H,2-3H2,1H3,(H,22,23)/b16-5?,19-7+,21-11+.